The Balaban J connectivity index is 1.74. The number of nitrogens with zero attached hydrogens (tertiary/aromatic N) is 2. The van der Waals surface area contributed by atoms with Crippen molar-refractivity contribution in [3.63, 3.8) is 0 Å². The van der Waals surface area contributed by atoms with Gasteiger partial charge in [0, 0.05) is 6.20 Å². The van der Waals surface area contributed by atoms with Gasteiger partial charge in [-0.2, -0.15) is 5.10 Å². The molecule has 76 valence electrons. The van der Waals surface area contributed by atoms with Gasteiger partial charge in [0.05, 0.1) is 12.2 Å². The van der Waals surface area contributed by atoms with Crippen LogP contribution in [0.4, 0.5) is 0 Å². The van der Waals surface area contributed by atoms with Crippen LogP contribution in [-0.4, -0.2) is 22.9 Å². The van der Waals surface area contributed by atoms with Crippen molar-refractivity contribution in [1.82, 2.24) is 15.1 Å². The second-order valence-corrected chi connectivity index (χ2v) is 4.51. The Morgan fingerprint density at radius 1 is 1.21 bits per heavy atom. The van der Waals surface area contributed by atoms with Gasteiger partial charge in [0.1, 0.15) is 0 Å². The molecule has 1 aliphatic carbocycles. The van der Waals surface area contributed by atoms with E-state index in [2.05, 4.69) is 27.5 Å². The molecule has 0 unspecified atom stereocenters. The van der Waals surface area contributed by atoms with Crippen molar-refractivity contribution < 1.29 is 0 Å². The van der Waals surface area contributed by atoms with Crippen molar-refractivity contribution in [3.05, 3.63) is 18.0 Å². The van der Waals surface area contributed by atoms with Gasteiger partial charge in [-0.05, 0) is 50.3 Å². The predicted molar refractivity (Wildman–Crippen MR) is 55.3 cm³/mol. The molecule has 2 heterocycles. The van der Waals surface area contributed by atoms with Crippen LogP contribution in [0.25, 0.3) is 0 Å². The Morgan fingerprint density at radius 3 is 2.71 bits per heavy atom. The topological polar surface area (TPSA) is 29.9 Å². The third-order valence-electron chi connectivity index (χ3n) is 3.35. The maximum atomic E-state index is 4.49. The molecule has 2 fully saturated rings. The number of aromatic nitrogens is 2. The van der Waals surface area contributed by atoms with Gasteiger partial charge >= 0.3 is 0 Å². The van der Waals surface area contributed by atoms with E-state index in [9.17, 15) is 0 Å². The highest BCUT2D eigenvalue weighted by Crippen LogP contribution is 2.40. The second-order valence-electron chi connectivity index (χ2n) is 4.51. The summed E-state index contributed by atoms with van der Waals surface area (Å²) in [6.45, 7) is 2.28. The van der Waals surface area contributed by atoms with E-state index in [-0.39, 0.29) is 0 Å². The van der Waals surface area contributed by atoms with E-state index in [4.69, 9.17) is 0 Å². The minimum atomic E-state index is 0.642. The number of nitrogens with one attached hydrogen (secondary N) is 1. The van der Waals surface area contributed by atoms with Crippen LogP contribution in [0.2, 0.25) is 0 Å². The molecule has 1 aromatic heterocycles. The summed E-state index contributed by atoms with van der Waals surface area (Å²) in [5.41, 5.74) is 1.46. The summed E-state index contributed by atoms with van der Waals surface area (Å²) in [5.74, 6) is 0.838. The highest BCUT2D eigenvalue weighted by Gasteiger charge is 2.25. The maximum Gasteiger partial charge on any atom is 0.0543 e. The fourth-order valence-corrected chi connectivity index (χ4v) is 2.25. The van der Waals surface area contributed by atoms with Gasteiger partial charge < -0.3 is 5.32 Å². The van der Waals surface area contributed by atoms with Crippen LogP contribution in [0.1, 0.15) is 43.2 Å². The van der Waals surface area contributed by atoms with E-state index in [1.807, 2.05) is 0 Å². The normalized spacial score (nSPS) is 24.0. The molecule has 0 atom stereocenters. The van der Waals surface area contributed by atoms with Gasteiger partial charge in [0.2, 0.25) is 0 Å². The van der Waals surface area contributed by atoms with Gasteiger partial charge in [-0.3, -0.25) is 4.68 Å². The van der Waals surface area contributed by atoms with Crippen molar-refractivity contribution >= 4 is 0 Å². The van der Waals surface area contributed by atoms with E-state index in [1.165, 1.54) is 31.2 Å². The van der Waals surface area contributed by atoms with Gasteiger partial charge in [0.25, 0.3) is 0 Å². The first-order chi connectivity index (χ1) is 6.93. The molecule has 1 aromatic rings. The molecule has 2 aliphatic rings. The van der Waals surface area contributed by atoms with E-state index in [0.29, 0.717) is 6.04 Å². The van der Waals surface area contributed by atoms with Crippen molar-refractivity contribution in [2.75, 3.05) is 13.1 Å². The fourth-order valence-electron chi connectivity index (χ4n) is 2.25. The zero-order valence-electron chi connectivity index (χ0n) is 8.45. The lowest BCUT2D eigenvalue weighted by atomic mass is 10.1. The average molecular weight is 191 g/mol. The molecule has 0 radical (unpaired) electrons. The molecular formula is C11H17N3. The van der Waals surface area contributed by atoms with E-state index < -0.39 is 0 Å². The molecule has 0 amide bonds. The number of rotatable bonds is 2. The maximum absolute atomic E-state index is 4.49. The molecule has 1 saturated heterocycles. The van der Waals surface area contributed by atoms with E-state index >= 15 is 0 Å². The van der Waals surface area contributed by atoms with Crippen LogP contribution >= 0.6 is 0 Å². The summed E-state index contributed by atoms with van der Waals surface area (Å²) in [5, 5.41) is 7.88. The molecule has 1 N–H and O–H groups in total. The molecule has 14 heavy (non-hydrogen) atoms. The Bertz CT molecular complexity index is 308. The highest BCUT2D eigenvalue weighted by atomic mass is 15.3. The van der Waals surface area contributed by atoms with Gasteiger partial charge in [0.15, 0.2) is 0 Å². The lowest BCUT2D eigenvalue weighted by molar-refractivity contribution is 0.343. The molecule has 1 saturated carbocycles. The van der Waals surface area contributed by atoms with Crippen LogP contribution < -0.4 is 5.32 Å². The number of piperidine rings is 1. The van der Waals surface area contributed by atoms with Crippen LogP contribution in [0, 0.1) is 0 Å². The Labute approximate surface area is 84.5 Å². The summed E-state index contributed by atoms with van der Waals surface area (Å²) in [4.78, 5) is 0. The molecule has 0 bridgehead atoms. The largest absolute Gasteiger partial charge is 0.317 e. The first-order valence-corrected chi connectivity index (χ1v) is 5.68. The van der Waals surface area contributed by atoms with Crippen LogP contribution in [0.15, 0.2) is 12.4 Å². The second kappa shape index (κ2) is 3.39. The summed E-state index contributed by atoms with van der Waals surface area (Å²) >= 11 is 0. The van der Waals surface area contributed by atoms with Gasteiger partial charge in [-0.15, -0.1) is 0 Å². The molecule has 1 aliphatic heterocycles. The predicted octanol–water partition coefficient (Wildman–Crippen LogP) is 1.69. The van der Waals surface area contributed by atoms with E-state index in [1.54, 1.807) is 0 Å². The first-order valence-electron chi connectivity index (χ1n) is 5.68. The summed E-state index contributed by atoms with van der Waals surface area (Å²) in [6, 6.07) is 0.642. The Kier molecular flexibility index (Phi) is 2.05. The Hall–Kier alpha value is -0.830. The van der Waals surface area contributed by atoms with Gasteiger partial charge in [-0.25, -0.2) is 0 Å². The van der Waals surface area contributed by atoms with Crippen LogP contribution in [0.5, 0.6) is 0 Å². The third-order valence-corrected chi connectivity index (χ3v) is 3.35. The minimum Gasteiger partial charge on any atom is -0.317 e. The van der Waals surface area contributed by atoms with E-state index in [0.717, 1.165) is 19.0 Å². The fraction of sp³-hybridized carbons (Fsp3) is 0.727. The summed E-state index contributed by atoms with van der Waals surface area (Å²) in [7, 11) is 0. The number of hydrogen-bond donors (Lipinski definition) is 1. The van der Waals surface area contributed by atoms with Crippen molar-refractivity contribution in [2.24, 2.45) is 0 Å². The average Bonchev–Trinajstić information content (AvgIpc) is 2.98. The molecular weight excluding hydrogens is 174 g/mol. The zero-order valence-corrected chi connectivity index (χ0v) is 8.45. The Morgan fingerprint density at radius 2 is 2.00 bits per heavy atom. The monoisotopic (exact) mass is 191 g/mol. The summed E-state index contributed by atoms with van der Waals surface area (Å²) < 4.78 is 2.19. The lowest BCUT2D eigenvalue weighted by Crippen LogP contribution is -2.29. The zero-order chi connectivity index (χ0) is 9.38. The minimum absolute atomic E-state index is 0.642. The van der Waals surface area contributed by atoms with Crippen LogP contribution in [-0.2, 0) is 0 Å². The standard InChI is InChI=1S/C11H17N3/c1-2-9(1)10-7-13-14(8-10)11-3-5-12-6-4-11/h7-9,11-12H,1-6H2. The SMILES string of the molecule is c1nn(C2CCNCC2)cc1C1CC1. The summed E-state index contributed by atoms with van der Waals surface area (Å²) in [6.07, 6.45) is 9.54. The molecule has 0 aromatic carbocycles. The number of hydrogen-bond acceptors (Lipinski definition) is 2. The van der Waals surface area contributed by atoms with Crippen molar-refractivity contribution in [2.45, 2.75) is 37.6 Å². The highest BCUT2D eigenvalue weighted by molar-refractivity contribution is 5.17. The quantitative estimate of drug-likeness (QED) is 0.771. The van der Waals surface area contributed by atoms with Gasteiger partial charge in [-0.1, -0.05) is 0 Å². The molecule has 3 nitrogen and oxygen atoms in total. The smallest absolute Gasteiger partial charge is 0.0543 e. The molecule has 0 spiro atoms. The third kappa shape index (κ3) is 1.57. The van der Waals surface area contributed by atoms with Crippen LogP contribution in [0.3, 0.4) is 0 Å². The van der Waals surface area contributed by atoms with Crippen molar-refractivity contribution in [1.29, 1.82) is 0 Å². The molecule has 3 rings (SSSR count). The lowest BCUT2D eigenvalue weighted by Gasteiger charge is -2.22. The first kappa shape index (κ1) is 8.48. The molecule has 3 heteroatoms. The van der Waals surface area contributed by atoms with Crippen molar-refractivity contribution in [3.8, 4) is 0 Å².